The van der Waals surface area contributed by atoms with Gasteiger partial charge >= 0.3 is 5.97 Å². The Hall–Kier alpha value is -1.65. The highest BCUT2D eigenvalue weighted by molar-refractivity contribution is 5.75. The molecule has 2 rings (SSSR count). The van der Waals surface area contributed by atoms with Gasteiger partial charge in [0.15, 0.2) is 0 Å². The Labute approximate surface area is 100 Å². The third-order valence-corrected chi connectivity index (χ3v) is 3.51. The molecule has 17 heavy (non-hydrogen) atoms. The number of hydrogen-bond donors (Lipinski definition) is 2. The third kappa shape index (κ3) is 2.54. The van der Waals surface area contributed by atoms with Crippen LogP contribution in [0.25, 0.3) is 0 Å². The minimum absolute atomic E-state index is 0.363. The molecule has 0 radical (unpaired) electrons. The average molecular weight is 235 g/mol. The van der Waals surface area contributed by atoms with Crippen molar-refractivity contribution in [3.05, 3.63) is 18.1 Å². The van der Waals surface area contributed by atoms with Crippen molar-refractivity contribution in [3.63, 3.8) is 0 Å². The first-order valence-corrected chi connectivity index (χ1v) is 5.92. The number of hydrogen-bond acceptors (Lipinski definition) is 4. The van der Waals surface area contributed by atoms with Gasteiger partial charge in [0.25, 0.3) is 0 Å². The van der Waals surface area contributed by atoms with E-state index in [9.17, 15) is 9.90 Å². The third-order valence-electron chi connectivity index (χ3n) is 3.51. The van der Waals surface area contributed by atoms with Crippen LogP contribution in [0.1, 0.15) is 37.8 Å². The van der Waals surface area contributed by atoms with Crippen LogP contribution in [0.3, 0.4) is 0 Å². The zero-order valence-electron chi connectivity index (χ0n) is 9.72. The van der Waals surface area contributed by atoms with Gasteiger partial charge in [0.05, 0.1) is 23.5 Å². The number of nitrogens with two attached hydrogens (primary N) is 1. The summed E-state index contributed by atoms with van der Waals surface area (Å²) in [5.41, 5.74) is 5.52. The van der Waals surface area contributed by atoms with Gasteiger partial charge in [-0.05, 0) is 12.8 Å². The molecule has 1 aliphatic rings. The molecule has 0 unspecified atom stereocenters. The summed E-state index contributed by atoms with van der Waals surface area (Å²) < 4.78 is 0. The zero-order valence-corrected chi connectivity index (χ0v) is 9.72. The molecule has 0 saturated heterocycles. The van der Waals surface area contributed by atoms with Crippen molar-refractivity contribution in [2.75, 3.05) is 5.73 Å². The first kappa shape index (κ1) is 11.8. The van der Waals surface area contributed by atoms with Gasteiger partial charge in [-0.15, -0.1) is 0 Å². The van der Waals surface area contributed by atoms with E-state index < -0.39 is 11.4 Å². The van der Waals surface area contributed by atoms with Crippen LogP contribution < -0.4 is 5.73 Å². The van der Waals surface area contributed by atoms with Crippen LogP contribution in [0.5, 0.6) is 0 Å². The van der Waals surface area contributed by atoms with Crippen LogP contribution in [-0.4, -0.2) is 21.0 Å². The number of carbonyl (C=O) groups is 1. The van der Waals surface area contributed by atoms with Crippen LogP contribution in [0.15, 0.2) is 12.4 Å². The predicted octanol–water partition coefficient (Wildman–Crippen LogP) is 1.64. The first-order valence-electron chi connectivity index (χ1n) is 5.92. The topological polar surface area (TPSA) is 89.1 Å². The lowest BCUT2D eigenvalue weighted by Crippen LogP contribution is -2.35. The fourth-order valence-electron chi connectivity index (χ4n) is 2.50. The molecule has 1 fully saturated rings. The van der Waals surface area contributed by atoms with Gasteiger partial charge in [-0.25, -0.2) is 4.98 Å². The number of aromatic nitrogens is 2. The number of aliphatic carboxylic acids is 1. The SMILES string of the molecule is Nc1cnc(CC2(C(=O)O)CCCCC2)cn1. The Bertz CT molecular complexity index is 397. The molecule has 1 saturated carbocycles. The predicted molar refractivity (Wildman–Crippen MR) is 63.3 cm³/mol. The zero-order chi connectivity index (χ0) is 12.3. The van der Waals surface area contributed by atoms with Crippen LogP contribution in [0, 0.1) is 5.41 Å². The molecule has 3 N–H and O–H groups in total. The smallest absolute Gasteiger partial charge is 0.310 e. The van der Waals surface area contributed by atoms with Crippen molar-refractivity contribution in [2.45, 2.75) is 38.5 Å². The minimum atomic E-state index is -0.712. The highest BCUT2D eigenvalue weighted by Crippen LogP contribution is 2.39. The molecule has 0 amide bonds. The molecule has 92 valence electrons. The quantitative estimate of drug-likeness (QED) is 0.831. The molecule has 1 heterocycles. The van der Waals surface area contributed by atoms with E-state index in [-0.39, 0.29) is 0 Å². The van der Waals surface area contributed by atoms with Crippen molar-refractivity contribution in [1.82, 2.24) is 9.97 Å². The van der Waals surface area contributed by atoms with E-state index in [0.717, 1.165) is 32.1 Å². The Morgan fingerprint density at radius 1 is 1.29 bits per heavy atom. The molecule has 1 aliphatic carbocycles. The summed E-state index contributed by atoms with van der Waals surface area (Å²) in [7, 11) is 0. The molecule has 0 atom stereocenters. The number of anilines is 1. The highest BCUT2D eigenvalue weighted by atomic mass is 16.4. The van der Waals surface area contributed by atoms with Gasteiger partial charge in [-0.3, -0.25) is 9.78 Å². The maximum Gasteiger partial charge on any atom is 0.310 e. The van der Waals surface area contributed by atoms with E-state index in [1.807, 2.05) is 0 Å². The lowest BCUT2D eigenvalue weighted by atomic mass is 9.71. The van der Waals surface area contributed by atoms with Crippen LogP contribution >= 0.6 is 0 Å². The normalized spacial score (nSPS) is 18.8. The summed E-state index contributed by atoms with van der Waals surface area (Å²) in [5, 5.41) is 9.43. The summed E-state index contributed by atoms with van der Waals surface area (Å²) >= 11 is 0. The molecule has 0 bridgehead atoms. The summed E-state index contributed by atoms with van der Waals surface area (Å²) in [4.78, 5) is 19.6. The fourth-order valence-corrected chi connectivity index (χ4v) is 2.50. The molecule has 1 aromatic rings. The van der Waals surface area contributed by atoms with Crippen molar-refractivity contribution < 1.29 is 9.90 Å². The summed E-state index contributed by atoms with van der Waals surface area (Å²) in [6.07, 6.45) is 8.06. The monoisotopic (exact) mass is 235 g/mol. The molecule has 5 nitrogen and oxygen atoms in total. The van der Waals surface area contributed by atoms with Gasteiger partial charge in [0, 0.05) is 6.42 Å². The van der Waals surface area contributed by atoms with Crippen molar-refractivity contribution in [3.8, 4) is 0 Å². The van der Waals surface area contributed by atoms with Crippen LogP contribution in [0.2, 0.25) is 0 Å². The van der Waals surface area contributed by atoms with Gasteiger partial charge in [0.2, 0.25) is 0 Å². The standard InChI is InChI=1S/C12H17N3O2/c13-10-8-14-9(7-15-10)6-12(11(16)17)4-2-1-3-5-12/h7-8H,1-6H2,(H2,13,15)(H,16,17). The summed E-state index contributed by atoms with van der Waals surface area (Å²) in [5.74, 6) is -0.349. The van der Waals surface area contributed by atoms with Gasteiger partial charge in [-0.2, -0.15) is 0 Å². The second-order valence-corrected chi connectivity index (χ2v) is 4.76. The van der Waals surface area contributed by atoms with E-state index >= 15 is 0 Å². The molecular weight excluding hydrogens is 218 g/mol. The van der Waals surface area contributed by atoms with E-state index in [2.05, 4.69) is 9.97 Å². The largest absolute Gasteiger partial charge is 0.481 e. The van der Waals surface area contributed by atoms with Crippen molar-refractivity contribution >= 4 is 11.8 Å². The Morgan fingerprint density at radius 2 is 2.00 bits per heavy atom. The van der Waals surface area contributed by atoms with E-state index in [1.54, 1.807) is 6.20 Å². The second-order valence-electron chi connectivity index (χ2n) is 4.76. The second kappa shape index (κ2) is 4.69. The maximum absolute atomic E-state index is 11.5. The molecule has 0 aromatic carbocycles. The number of carboxylic acids is 1. The Morgan fingerprint density at radius 3 is 2.53 bits per heavy atom. The summed E-state index contributed by atoms with van der Waals surface area (Å²) in [6, 6.07) is 0. The van der Waals surface area contributed by atoms with Gasteiger partial charge in [-0.1, -0.05) is 19.3 Å². The maximum atomic E-state index is 11.5. The molecule has 0 spiro atoms. The number of nitrogens with zero attached hydrogens (tertiary/aromatic N) is 2. The molecule has 1 aromatic heterocycles. The molecule has 5 heteroatoms. The molecular formula is C12H17N3O2. The number of carboxylic acid groups (broad SMARTS) is 1. The van der Waals surface area contributed by atoms with E-state index in [4.69, 9.17) is 5.73 Å². The average Bonchev–Trinajstić information content (AvgIpc) is 2.33. The lowest BCUT2D eigenvalue weighted by molar-refractivity contribution is -0.151. The van der Waals surface area contributed by atoms with Crippen molar-refractivity contribution in [1.29, 1.82) is 0 Å². The van der Waals surface area contributed by atoms with Crippen LogP contribution in [-0.2, 0) is 11.2 Å². The summed E-state index contributed by atoms with van der Waals surface area (Å²) in [6.45, 7) is 0. The number of rotatable bonds is 3. The van der Waals surface area contributed by atoms with Crippen molar-refractivity contribution in [2.24, 2.45) is 5.41 Å². The van der Waals surface area contributed by atoms with E-state index in [1.165, 1.54) is 6.20 Å². The highest BCUT2D eigenvalue weighted by Gasteiger charge is 2.39. The van der Waals surface area contributed by atoms with E-state index in [0.29, 0.717) is 17.9 Å². The molecule has 0 aliphatic heterocycles. The number of nitrogen functional groups attached to an aromatic ring is 1. The Balaban J connectivity index is 2.17. The Kier molecular flexibility index (Phi) is 3.26. The van der Waals surface area contributed by atoms with Gasteiger partial charge < -0.3 is 10.8 Å². The van der Waals surface area contributed by atoms with Gasteiger partial charge in [0.1, 0.15) is 5.82 Å². The fraction of sp³-hybridized carbons (Fsp3) is 0.583. The lowest BCUT2D eigenvalue weighted by Gasteiger charge is -2.32. The van der Waals surface area contributed by atoms with Crippen LogP contribution in [0.4, 0.5) is 5.82 Å². The first-order chi connectivity index (χ1) is 8.12. The minimum Gasteiger partial charge on any atom is -0.481 e.